The molecule has 0 bridgehead atoms. The summed E-state index contributed by atoms with van der Waals surface area (Å²) in [7, 11) is -3.49. The molecule has 1 aliphatic rings. The van der Waals surface area contributed by atoms with Crippen LogP contribution in [0.3, 0.4) is 0 Å². The molecule has 0 radical (unpaired) electrons. The van der Waals surface area contributed by atoms with Crippen molar-refractivity contribution in [1.82, 2.24) is 4.67 Å². The molecule has 0 amide bonds. The average molecular weight is 166 g/mol. The van der Waals surface area contributed by atoms with Crippen molar-refractivity contribution < 1.29 is 14.2 Å². The van der Waals surface area contributed by atoms with Gasteiger partial charge in [-0.25, -0.2) is 10.2 Å². The maximum Gasteiger partial charge on any atom is 0.338 e. The largest absolute Gasteiger partial charge is 0.379 e. The van der Waals surface area contributed by atoms with E-state index in [9.17, 15) is 4.57 Å². The molecule has 1 fully saturated rings. The number of rotatable bonds is 1. The van der Waals surface area contributed by atoms with Crippen molar-refractivity contribution in [3.63, 3.8) is 0 Å². The van der Waals surface area contributed by atoms with Gasteiger partial charge in [0.2, 0.25) is 0 Å². The second-order valence-electron chi connectivity index (χ2n) is 2.16. The molecule has 1 aliphatic heterocycles. The molecule has 6 heteroatoms. The van der Waals surface area contributed by atoms with Gasteiger partial charge in [0.05, 0.1) is 13.2 Å². The topological polar surface area (TPSA) is 75.8 Å². The Balaban J connectivity index is 2.47. The molecule has 1 atom stereocenters. The Morgan fingerprint density at radius 3 is 2.30 bits per heavy atom. The smallest absolute Gasteiger partial charge is 0.338 e. The third-order valence-electron chi connectivity index (χ3n) is 1.39. The van der Waals surface area contributed by atoms with Crippen LogP contribution >= 0.6 is 7.67 Å². The van der Waals surface area contributed by atoms with Crippen molar-refractivity contribution in [2.75, 3.05) is 26.3 Å². The fourth-order valence-corrected chi connectivity index (χ4v) is 1.58. The Morgan fingerprint density at radius 2 is 2.00 bits per heavy atom. The summed E-state index contributed by atoms with van der Waals surface area (Å²) in [6.45, 7) is 1.87. The maximum atomic E-state index is 10.8. The normalized spacial score (nSPS) is 27.8. The Labute approximate surface area is 59.3 Å². The molecule has 1 heterocycles. The van der Waals surface area contributed by atoms with Gasteiger partial charge in [-0.05, 0) is 0 Å². The summed E-state index contributed by atoms with van der Waals surface area (Å²) >= 11 is 0. The van der Waals surface area contributed by atoms with E-state index in [1.165, 1.54) is 4.67 Å². The number of hydrogen-bond donors (Lipinski definition) is 2. The van der Waals surface area contributed by atoms with Gasteiger partial charge in [-0.1, -0.05) is 0 Å². The molecule has 1 saturated heterocycles. The number of nitrogens with two attached hydrogens (primary N) is 1. The van der Waals surface area contributed by atoms with E-state index in [1.54, 1.807) is 0 Å². The van der Waals surface area contributed by atoms with Crippen molar-refractivity contribution in [3.8, 4) is 0 Å². The lowest BCUT2D eigenvalue weighted by molar-refractivity contribution is 0.0677. The summed E-state index contributed by atoms with van der Waals surface area (Å²) in [6.07, 6.45) is 0. The van der Waals surface area contributed by atoms with E-state index < -0.39 is 7.67 Å². The van der Waals surface area contributed by atoms with Gasteiger partial charge in [0, 0.05) is 13.1 Å². The van der Waals surface area contributed by atoms with Crippen molar-refractivity contribution in [1.29, 1.82) is 0 Å². The van der Waals surface area contributed by atoms with E-state index in [0.717, 1.165) is 0 Å². The minimum absolute atomic E-state index is 0.449. The summed E-state index contributed by atoms with van der Waals surface area (Å²) in [4.78, 5) is 8.85. The van der Waals surface area contributed by atoms with E-state index in [0.29, 0.717) is 26.3 Å². The Bertz CT molecular complexity index is 151. The molecule has 10 heavy (non-hydrogen) atoms. The standard InChI is InChI=1S/C4H11N2O3P/c5-10(7,8)6-1-3-9-4-2-6/h1-4H2,(H3,5,7,8). The first-order valence-electron chi connectivity index (χ1n) is 3.05. The van der Waals surface area contributed by atoms with Gasteiger partial charge in [0.25, 0.3) is 0 Å². The van der Waals surface area contributed by atoms with Crippen LogP contribution in [-0.2, 0) is 9.30 Å². The van der Waals surface area contributed by atoms with Gasteiger partial charge in [0.1, 0.15) is 0 Å². The number of hydrogen-bond acceptors (Lipinski definition) is 2. The predicted molar refractivity (Wildman–Crippen MR) is 36.4 cm³/mol. The van der Waals surface area contributed by atoms with E-state index >= 15 is 0 Å². The maximum absolute atomic E-state index is 10.8. The van der Waals surface area contributed by atoms with Crippen molar-refractivity contribution in [3.05, 3.63) is 0 Å². The SMILES string of the molecule is NP(=O)(O)N1CCOCC1. The van der Waals surface area contributed by atoms with Crippen LogP contribution in [0.2, 0.25) is 0 Å². The lowest BCUT2D eigenvalue weighted by Crippen LogP contribution is -2.35. The van der Waals surface area contributed by atoms with E-state index in [4.69, 9.17) is 15.1 Å². The van der Waals surface area contributed by atoms with Crippen LogP contribution in [0.15, 0.2) is 0 Å². The second-order valence-corrected chi connectivity index (χ2v) is 3.90. The highest BCUT2D eigenvalue weighted by atomic mass is 31.2. The lowest BCUT2D eigenvalue weighted by atomic mass is 10.5. The zero-order valence-corrected chi connectivity index (χ0v) is 6.46. The third kappa shape index (κ3) is 2.04. The summed E-state index contributed by atoms with van der Waals surface area (Å²) in [5.41, 5.74) is 4.99. The quantitative estimate of drug-likeness (QED) is 0.507. The summed E-state index contributed by atoms with van der Waals surface area (Å²) in [5.74, 6) is 0. The molecule has 0 aliphatic carbocycles. The van der Waals surface area contributed by atoms with Gasteiger partial charge >= 0.3 is 7.67 Å². The third-order valence-corrected chi connectivity index (χ3v) is 2.60. The molecule has 0 spiro atoms. The molecule has 60 valence electrons. The first-order valence-corrected chi connectivity index (χ1v) is 4.73. The fourth-order valence-electron chi connectivity index (χ4n) is 0.840. The van der Waals surface area contributed by atoms with Gasteiger partial charge in [-0.3, -0.25) is 4.57 Å². The van der Waals surface area contributed by atoms with Crippen LogP contribution in [0.4, 0.5) is 0 Å². The molecule has 1 rings (SSSR count). The minimum Gasteiger partial charge on any atom is -0.379 e. The second kappa shape index (κ2) is 2.98. The molecular weight excluding hydrogens is 155 g/mol. The highest BCUT2D eigenvalue weighted by Gasteiger charge is 2.24. The van der Waals surface area contributed by atoms with Crippen molar-refractivity contribution in [2.45, 2.75) is 0 Å². The summed E-state index contributed by atoms with van der Waals surface area (Å²) < 4.78 is 17.1. The number of morpholine rings is 1. The minimum atomic E-state index is -3.49. The van der Waals surface area contributed by atoms with Gasteiger partial charge in [-0.15, -0.1) is 0 Å². The molecule has 0 aromatic heterocycles. The molecule has 0 saturated carbocycles. The van der Waals surface area contributed by atoms with Crippen LogP contribution in [0.25, 0.3) is 0 Å². The van der Waals surface area contributed by atoms with E-state index in [-0.39, 0.29) is 0 Å². The molecule has 1 unspecified atom stereocenters. The van der Waals surface area contributed by atoms with Crippen LogP contribution in [0.5, 0.6) is 0 Å². The molecule has 0 aromatic carbocycles. The van der Waals surface area contributed by atoms with Crippen molar-refractivity contribution >= 4 is 7.67 Å². The summed E-state index contributed by atoms with van der Waals surface area (Å²) in [6, 6.07) is 0. The number of ether oxygens (including phenoxy) is 1. The Morgan fingerprint density at radius 1 is 1.50 bits per heavy atom. The first kappa shape index (κ1) is 8.17. The van der Waals surface area contributed by atoms with Crippen LogP contribution in [-0.4, -0.2) is 35.9 Å². The van der Waals surface area contributed by atoms with Crippen molar-refractivity contribution in [2.24, 2.45) is 5.50 Å². The predicted octanol–water partition coefficient (Wildman–Crippen LogP) is -0.622. The summed E-state index contributed by atoms with van der Waals surface area (Å²) in [5, 5.41) is 0. The van der Waals surface area contributed by atoms with E-state index in [1.807, 2.05) is 0 Å². The Kier molecular flexibility index (Phi) is 2.44. The lowest BCUT2D eigenvalue weighted by Gasteiger charge is -2.27. The monoisotopic (exact) mass is 166 g/mol. The van der Waals surface area contributed by atoms with Crippen LogP contribution in [0.1, 0.15) is 0 Å². The zero-order chi connectivity index (χ0) is 7.61. The van der Waals surface area contributed by atoms with Crippen LogP contribution in [0, 0.1) is 0 Å². The molecular formula is C4H11N2O3P. The fraction of sp³-hybridized carbons (Fsp3) is 1.00. The molecule has 5 nitrogen and oxygen atoms in total. The molecule has 0 aromatic rings. The highest BCUT2D eigenvalue weighted by Crippen LogP contribution is 2.35. The van der Waals surface area contributed by atoms with Crippen LogP contribution < -0.4 is 5.50 Å². The van der Waals surface area contributed by atoms with E-state index in [2.05, 4.69) is 0 Å². The highest BCUT2D eigenvalue weighted by molar-refractivity contribution is 7.52. The zero-order valence-electron chi connectivity index (χ0n) is 5.56. The molecule has 3 N–H and O–H groups in total. The van der Waals surface area contributed by atoms with Gasteiger partial charge in [0.15, 0.2) is 0 Å². The van der Waals surface area contributed by atoms with Gasteiger partial charge < -0.3 is 9.63 Å². The average Bonchev–Trinajstić information content (AvgIpc) is 1.88. The number of nitrogens with zero attached hydrogens (tertiary/aromatic N) is 1. The Hall–Kier alpha value is 0.0700. The van der Waals surface area contributed by atoms with Gasteiger partial charge in [-0.2, -0.15) is 0 Å². The first-order chi connectivity index (χ1) is 4.61.